The Balaban J connectivity index is 2.05. The minimum Gasteiger partial charge on any atom is -0.460 e. The molecule has 0 saturated carbocycles. The van der Waals surface area contributed by atoms with Crippen molar-refractivity contribution in [3.05, 3.63) is 69.7 Å². The number of carbonyl (C=O) groups is 2. The van der Waals surface area contributed by atoms with Gasteiger partial charge in [-0.1, -0.05) is 37.0 Å². The normalized spacial score (nSPS) is 11.9. The van der Waals surface area contributed by atoms with Crippen LogP contribution in [0.1, 0.15) is 34.6 Å². The summed E-state index contributed by atoms with van der Waals surface area (Å²) in [6.45, 7) is 4.06. The Bertz CT molecular complexity index is 758. The van der Waals surface area contributed by atoms with Crippen LogP contribution in [-0.2, 0) is 4.74 Å². The van der Waals surface area contributed by atoms with Crippen LogP contribution < -0.4 is 0 Å². The number of carbonyl (C=O) groups excluding carboxylic acids is 2. The number of ether oxygens (including phenoxy) is 1. The van der Waals surface area contributed by atoms with Gasteiger partial charge >= 0.3 is 5.97 Å². The SMILES string of the molecule is CC(C)[C@H](COC(=O)c1ccc(Cl)cc1)N(C)C(=O)c1ccc(Cl)cc1. The van der Waals surface area contributed by atoms with Gasteiger partial charge in [-0.15, -0.1) is 0 Å². The average Bonchev–Trinajstić information content (AvgIpc) is 2.61. The summed E-state index contributed by atoms with van der Waals surface area (Å²) in [5, 5.41) is 1.12. The fourth-order valence-corrected chi connectivity index (χ4v) is 2.78. The zero-order valence-corrected chi connectivity index (χ0v) is 16.4. The number of benzene rings is 2. The molecule has 0 bridgehead atoms. The van der Waals surface area contributed by atoms with Crippen molar-refractivity contribution in [3.63, 3.8) is 0 Å². The molecular formula is C20H21Cl2NO3. The van der Waals surface area contributed by atoms with E-state index >= 15 is 0 Å². The minimum atomic E-state index is -0.445. The van der Waals surface area contributed by atoms with Gasteiger partial charge in [0.25, 0.3) is 5.91 Å². The monoisotopic (exact) mass is 393 g/mol. The Hall–Kier alpha value is -2.04. The van der Waals surface area contributed by atoms with E-state index in [2.05, 4.69) is 0 Å². The molecule has 138 valence electrons. The number of hydrogen-bond acceptors (Lipinski definition) is 3. The second-order valence-electron chi connectivity index (χ2n) is 6.34. The van der Waals surface area contributed by atoms with Crippen molar-refractivity contribution in [2.75, 3.05) is 13.7 Å². The van der Waals surface area contributed by atoms with Gasteiger partial charge in [-0.3, -0.25) is 4.79 Å². The zero-order chi connectivity index (χ0) is 19.3. The first-order valence-corrected chi connectivity index (χ1v) is 9.00. The maximum atomic E-state index is 12.7. The van der Waals surface area contributed by atoms with Crippen LogP contribution >= 0.6 is 23.2 Å². The van der Waals surface area contributed by atoms with E-state index in [1.165, 1.54) is 0 Å². The number of halogens is 2. The van der Waals surface area contributed by atoms with Crippen LogP contribution in [0, 0.1) is 5.92 Å². The van der Waals surface area contributed by atoms with Crippen LogP contribution in [0.15, 0.2) is 48.5 Å². The molecule has 1 atom stereocenters. The summed E-state index contributed by atoms with van der Waals surface area (Å²) in [6.07, 6.45) is 0. The number of likely N-dealkylation sites (N-methyl/N-ethyl adjacent to an activating group) is 1. The highest BCUT2D eigenvalue weighted by molar-refractivity contribution is 6.31. The van der Waals surface area contributed by atoms with Gasteiger partial charge in [0.05, 0.1) is 11.6 Å². The van der Waals surface area contributed by atoms with Crippen molar-refractivity contribution >= 4 is 35.1 Å². The molecule has 2 aromatic carbocycles. The molecule has 0 aromatic heterocycles. The highest BCUT2D eigenvalue weighted by atomic mass is 35.5. The smallest absolute Gasteiger partial charge is 0.338 e. The fourth-order valence-electron chi connectivity index (χ4n) is 2.53. The number of hydrogen-bond donors (Lipinski definition) is 0. The van der Waals surface area contributed by atoms with Gasteiger partial charge in [0, 0.05) is 22.7 Å². The molecular weight excluding hydrogens is 373 g/mol. The molecule has 0 heterocycles. The van der Waals surface area contributed by atoms with Gasteiger partial charge in [-0.25, -0.2) is 4.79 Å². The van der Waals surface area contributed by atoms with Gasteiger partial charge < -0.3 is 9.64 Å². The summed E-state index contributed by atoms with van der Waals surface area (Å²) in [5.74, 6) is -0.489. The molecule has 2 rings (SSSR count). The van der Waals surface area contributed by atoms with E-state index in [0.717, 1.165) is 0 Å². The lowest BCUT2D eigenvalue weighted by Gasteiger charge is -2.31. The molecule has 0 aliphatic heterocycles. The Morgan fingerprint density at radius 2 is 1.38 bits per heavy atom. The number of rotatable bonds is 6. The molecule has 0 fully saturated rings. The van der Waals surface area contributed by atoms with Gasteiger partial charge in [0.1, 0.15) is 6.61 Å². The van der Waals surface area contributed by atoms with Gasteiger partial charge in [0.2, 0.25) is 0 Å². The van der Waals surface area contributed by atoms with Crippen molar-refractivity contribution in [3.8, 4) is 0 Å². The Morgan fingerprint density at radius 1 is 0.923 bits per heavy atom. The molecule has 0 aliphatic rings. The number of esters is 1. The third kappa shape index (κ3) is 5.23. The Morgan fingerprint density at radius 3 is 1.85 bits per heavy atom. The van der Waals surface area contributed by atoms with E-state index in [0.29, 0.717) is 21.2 Å². The molecule has 0 aliphatic carbocycles. The van der Waals surface area contributed by atoms with Crippen molar-refractivity contribution in [2.45, 2.75) is 19.9 Å². The predicted octanol–water partition coefficient (Wildman–Crippen LogP) is 4.95. The minimum absolute atomic E-state index is 0.106. The van der Waals surface area contributed by atoms with Crippen LogP contribution in [0.3, 0.4) is 0 Å². The third-order valence-corrected chi connectivity index (χ3v) is 4.65. The first-order chi connectivity index (χ1) is 12.3. The molecule has 0 unspecified atom stereocenters. The van der Waals surface area contributed by atoms with E-state index < -0.39 is 5.97 Å². The second kappa shape index (κ2) is 9.06. The fraction of sp³-hybridized carbons (Fsp3) is 0.300. The van der Waals surface area contributed by atoms with E-state index in [4.69, 9.17) is 27.9 Å². The lowest BCUT2D eigenvalue weighted by molar-refractivity contribution is 0.0289. The zero-order valence-electron chi connectivity index (χ0n) is 14.9. The average molecular weight is 394 g/mol. The second-order valence-corrected chi connectivity index (χ2v) is 7.21. The molecule has 4 nitrogen and oxygen atoms in total. The maximum absolute atomic E-state index is 12.7. The maximum Gasteiger partial charge on any atom is 0.338 e. The van der Waals surface area contributed by atoms with Crippen molar-refractivity contribution in [2.24, 2.45) is 5.92 Å². The standard InChI is InChI=1S/C20H21Cl2NO3/c1-13(2)18(12-26-20(25)15-6-10-17(22)11-7-15)23(3)19(24)14-4-8-16(21)9-5-14/h4-11,13,18H,12H2,1-3H3/t18-/m0/s1. The summed E-state index contributed by atoms with van der Waals surface area (Å²) < 4.78 is 5.42. The summed E-state index contributed by atoms with van der Waals surface area (Å²) in [6, 6.07) is 12.9. The first-order valence-electron chi connectivity index (χ1n) is 8.25. The molecule has 6 heteroatoms. The van der Waals surface area contributed by atoms with Crippen molar-refractivity contribution in [1.82, 2.24) is 4.90 Å². The van der Waals surface area contributed by atoms with Gasteiger partial charge in [-0.05, 0) is 54.4 Å². The molecule has 1 amide bonds. The van der Waals surface area contributed by atoms with Crippen LogP contribution in [0.5, 0.6) is 0 Å². The third-order valence-electron chi connectivity index (χ3n) is 4.14. The summed E-state index contributed by atoms with van der Waals surface area (Å²) >= 11 is 11.7. The molecule has 26 heavy (non-hydrogen) atoms. The van der Waals surface area contributed by atoms with E-state index in [1.54, 1.807) is 60.5 Å². The van der Waals surface area contributed by atoms with Gasteiger partial charge in [-0.2, -0.15) is 0 Å². The summed E-state index contributed by atoms with van der Waals surface area (Å²) in [7, 11) is 1.71. The van der Waals surface area contributed by atoms with Crippen LogP contribution in [0.25, 0.3) is 0 Å². The van der Waals surface area contributed by atoms with E-state index in [9.17, 15) is 9.59 Å². The van der Waals surface area contributed by atoms with Crippen LogP contribution in [-0.4, -0.2) is 36.5 Å². The van der Waals surface area contributed by atoms with Crippen LogP contribution in [0.2, 0.25) is 10.0 Å². The molecule has 2 aromatic rings. The summed E-state index contributed by atoms with van der Waals surface area (Å²) in [4.78, 5) is 26.5. The largest absolute Gasteiger partial charge is 0.460 e. The summed E-state index contributed by atoms with van der Waals surface area (Å²) in [5.41, 5.74) is 0.954. The highest BCUT2D eigenvalue weighted by Crippen LogP contribution is 2.17. The Kier molecular flexibility index (Phi) is 7.06. The lowest BCUT2D eigenvalue weighted by atomic mass is 10.0. The van der Waals surface area contributed by atoms with E-state index in [1.807, 2.05) is 13.8 Å². The number of nitrogens with zero attached hydrogens (tertiary/aromatic N) is 1. The topological polar surface area (TPSA) is 46.6 Å². The Labute approximate surface area is 163 Å². The van der Waals surface area contributed by atoms with Crippen molar-refractivity contribution in [1.29, 1.82) is 0 Å². The number of amides is 1. The lowest BCUT2D eigenvalue weighted by Crippen LogP contribution is -2.43. The predicted molar refractivity (Wildman–Crippen MR) is 104 cm³/mol. The quantitative estimate of drug-likeness (QED) is 0.652. The molecule has 0 saturated heterocycles. The molecule has 0 radical (unpaired) electrons. The van der Waals surface area contributed by atoms with Crippen molar-refractivity contribution < 1.29 is 14.3 Å². The van der Waals surface area contributed by atoms with E-state index in [-0.39, 0.29) is 24.5 Å². The molecule has 0 N–H and O–H groups in total. The first kappa shape index (κ1) is 20.3. The van der Waals surface area contributed by atoms with Gasteiger partial charge in [0.15, 0.2) is 0 Å². The molecule has 0 spiro atoms. The highest BCUT2D eigenvalue weighted by Gasteiger charge is 2.25. The van der Waals surface area contributed by atoms with Crippen LogP contribution in [0.4, 0.5) is 0 Å².